The van der Waals surface area contributed by atoms with Crippen molar-refractivity contribution < 1.29 is 13.6 Å². The van der Waals surface area contributed by atoms with E-state index in [-0.39, 0.29) is 12.4 Å². The van der Waals surface area contributed by atoms with E-state index in [1.165, 1.54) is 19.0 Å². The third-order valence-corrected chi connectivity index (χ3v) is 1.98. The molecule has 13 heavy (non-hydrogen) atoms. The fourth-order valence-electron chi connectivity index (χ4n) is 1.47. The van der Waals surface area contributed by atoms with Crippen molar-refractivity contribution in [3.05, 3.63) is 0 Å². The number of alkyl halides is 2. The number of hydrogen-bond donors (Lipinski definition) is 1. The summed E-state index contributed by atoms with van der Waals surface area (Å²) in [5, 5.41) is 0. The van der Waals surface area contributed by atoms with Crippen molar-refractivity contribution in [3.63, 3.8) is 0 Å². The van der Waals surface area contributed by atoms with Crippen LogP contribution < -0.4 is 5.73 Å². The third kappa shape index (κ3) is 2.28. The van der Waals surface area contributed by atoms with Crippen molar-refractivity contribution in [3.8, 4) is 0 Å². The van der Waals surface area contributed by atoms with Crippen LogP contribution in [-0.2, 0) is 4.79 Å². The average Bonchev–Trinajstić information content (AvgIpc) is 1.81. The van der Waals surface area contributed by atoms with E-state index in [1.54, 1.807) is 0 Å². The number of carbonyl (C=O) groups excluding carboxylic acids is 1. The molecule has 1 aliphatic carbocycles. The molecule has 1 amide bonds. The predicted octanol–water partition coefficient (Wildman–Crippen LogP) is 0.623. The van der Waals surface area contributed by atoms with E-state index >= 15 is 0 Å². The molecule has 0 aromatic heterocycles. The Labute approximate surface area is 81.7 Å². The van der Waals surface area contributed by atoms with Crippen molar-refractivity contribution in [1.29, 1.82) is 0 Å². The zero-order valence-electron chi connectivity index (χ0n) is 7.51. The van der Waals surface area contributed by atoms with Gasteiger partial charge >= 0.3 is 0 Å². The first-order valence-electron chi connectivity index (χ1n) is 3.65. The van der Waals surface area contributed by atoms with Crippen LogP contribution in [0.4, 0.5) is 8.78 Å². The molecule has 1 aliphatic rings. The van der Waals surface area contributed by atoms with E-state index in [0.29, 0.717) is 0 Å². The minimum absolute atomic E-state index is 0. The number of likely N-dealkylation sites (N-methyl/N-ethyl adjacent to an activating group) is 1. The van der Waals surface area contributed by atoms with Gasteiger partial charge in [0, 0.05) is 26.9 Å². The number of halogens is 3. The summed E-state index contributed by atoms with van der Waals surface area (Å²) in [4.78, 5) is 12.4. The van der Waals surface area contributed by atoms with E-state index in [4.69, 9.17) is 5.73 Å². The molecular formula is C7H13ClF2N2O. The molecular weight excluding hydrogens is 202 g/mol. The van der Waals surface area contributed by atoms with Crippen molar-refractivity contribution >= 4 is 18.3 Å². The van der Waals surface area contributed by atoms with E-state index in [2.05, 4.69) is 0 Å². The number of carbonyl (C=O) groups is 1. The predicted molar refractivity (Wildman–Crippen MR) is 47.0 cm³/mol. The van der Waals surface area contributed by atoms with Gasteiger partial charge in [-0.05, 0) is 0 Å². The zero-order chi connectivity index (χ0) is 9.57. The number of rotatable bonds is 1. The summed E-state index contributed by atoms with van der Waals surface area (Å²) in [5.41, 5.74) is 4.13. The molecule has 0 unspecified atom stereocenters. The summed E-state index contributed by atoms with van der Waals surface area (Å²) in [6.45, 7) is 0. The second kappa shape index (κ2) is 3.38. The van der Waals surface area contributed by atoms with Crippen LogP contribution in [0.3, 0.4) is 0 Å². The Kier molecular flexibility index (Phi) is 3.27. The summed E-state index contributed by atoms with van der Waals surface area (Å²) >= 11 is 0. The Hall–Kier alpha value is -0.420. The lowest BCUT2D eigenvalue weighted by Gasteiger charge is -2.44. The first kappa shape index (κ1) is 12.6. The summed E-state index contributed by atoms with van der Waals surface area (Å²) in [5.74, 6) is -3.17. The lowest BCUT2D eigenvalue weighted by molar-refractivity contribution is -0.163. The molecule has 0 aromatic carbocycles. The molecule has 1 fully saturated rings. The molecule has 1 rings (SSSR count). The first-order chi connectivity index (χ1) is 5.27. The standard InChI is InChI=1S/C7H12F2N2O.ClH/c1-11(2)5(12)6(10)3-7(8,9)4-6;/h3-4,10H2,1-2H3;1H. The zero-order valence-corrected chi connectivity index (χ0v) is 8.33. The molecule has 0 aliphatic heterocycles. The van der Waals surface area contributed by atoms with Crippen LogP contribution in [0, 0.1) is 0 Å². The fraction of sp³-hybridized carbons (Fsp3) is 0.857. The Morgan fingerprint density at radius 2 is 1.77 bits per heavy atom. The van der Waals surface area contributed by atoms with Gasteiger partial charge in [-0.2, -0.15) is 0 Å². The van der Waals surface area contributed by atoms with Crippen molar-refractivity contribution in [2.24, 2.45) is 5.73 Å². The molecule has 6 heteroatoms. The average molecular weight is 215 g/mol. The first-order valence-corrected chi connectivity index (χ1v) is 3.65. The second-order valence-electron chi connectivity index (χ2n) is 3.57. The maximum Gasteiger partial charge on any atom is 0.252 e. The van der Waals surface area contributed by atoms with Gasteiger partial charge in [0.05, 0.1) is 0 Å². The minimum atomic E-state index is -2.75. The molecule has 0 bridgehead atoms. The Morgan fingerprint density at radius 3 is 2.00 bits per heavy atom. The molecule has 0 heterocycles. The van der Waals surface area contributed by atoms with Crippen LogP contribution in [0.2, 0.25) is 0 Å². The summed E-state index contributed by atoms with van der Waals surface area (Å²) in [6, 6.07) is 0. The number of amides is 1. The van der Waals surface area contributed by atoms with Crippen LogP contribution in [-0.4, -0.2) is 36.4 Å². The van der Waals surface area contributed by atoms with Gasteiger partial charge in [-0.3, -0.25) is 4.79 Å². The van der Waals surface area contributed by atoms with Crippen LogP contribution >= 0.6 is 12.4 Å². The Balaban J connectivity index is 0.00000144. The maximum atomic E-state index is 12.4. The molecule has 78 valence electrons. The highest BCUT2D eigenvalue weighted by atomic mass is 35.5. The quantitative estimate of drug-likeness (QED) is 0.696. The topological polar surface area (TPSA) is 46.3 Å². The summed E-state index contributed by atoms with van der Waals surface area (Å²) < 4.78 is 24.8. The van der Waals surface area contributed by atoms with Gasteiger partial charge in [-0.1, -0.05) is 0 Å². The highest BCUT2D eigenvalue weighted by Gasteiger charge is 2.59. The lowest BCUT2D eigenvalue weighted by Crippen LogP contribution is -2.65. The molecule has 0 radical (unpaired) electrons. The molecule has 0 aromatic rings. The van der Waals surface area contributed by atoms with Gasteiger partial charge in [0.25, 0.3) is 5.92 Å². The Bertz CT molecular complexity index is 213. The molecule has 3 nitrogen and oxygen atoms in total. The van der Waals surface area contributed by atoms with Crippen LogP contribution in [0.15, 0.2) is 0 Å². The van der Waals surface area contributed by atoms with Crippen molar-refractivity contribution in [1.82, 2.24) is 4.90 Å². The van der Waals surface area contributed by atoms with Crippen LogP contribution in [0.25, 0.3) is 0 Å². The maximum absolute atomic E-state index is 12.4. The van der Waals surface area contributed by atoms with Crippen molar-refractivity contribution in [2.45, 2.75) is 24.3 Å². The number of hydrogen-bond acceptors (Lipinski definition) is 2. The number of nitrogens with zero attached hydrogens (tertiary/aromatic N) is 1. The Morgan fingerprint density at radius 1 is 1.38 bits per heavy atom. The third-order valence-electron chi connectivity index (χ3n) is 1.98. The largest absolute Gasteiger partial charge is 0.347 e. The van der Waals surface area contributed by atoms with Crippen LogP contribution in [0.5, 0.6) is 0 Å². The van der Waals surface area contributed by atoms with Gasteiger partial charge in [-0.15, -0.1) is 12.4 Å². The molecule has 1 saturated carbocycles. The van der Waals surface area contributed by atoms with Gasteiger partial charge in [0.1, 0.15) is 5.54 Å². The number of nitrogens with two attached hydrogens (primary N) is 1. The highest BCUT2D eigenvalue weighted by Crippen LogP contribution is 2.44. The fourth-order valence-corrected chi connectivity index (χ4v) is 1.47. The highest BCUT2D eigenvalue weighted by molar-refractivity contribution is 5.87. The van der Waals surface area contributed by atoms with E-state index in [0.717, 1.165) is 0 Å². The minimum Gasteiger partial charge on any atom is -0.347 e. The summed E-state index contributed by atoms with van der Waals surface area (Å²) in [6.07, 6.45) is -1.06. The van der Waals surface area contributed by atoms with Gasteiger partial charge in [0.15, 0.2) is 0 Å². The monoisotopic (exact) mass is 214 g/mol. The lowest BCUT2D eigenvalue weighted by atomic mass is 9.73. The van der Waals surface area contributed by atoms with E-state index in [9.17, 15) is 13.6 Å². The normalized spacial score (nSPS) is 22.5. The second-order valence-corrected chi connectivity index (χ2v) is 3.57. The van der Waals surface area contributed by atoms with E-state index in [1.807, 2.05) is 0 Å². The van der Waals surface area contributed by atoms with Crippen LogP contribution in [0.1, 0.15) is 12.8 Å². The molecule has 2 N–H and O–H groups in total. The van der Waals surface area contributed by atoms with Gasteiger partial charge in [0.2, 0.25) is 5.91 Å². The molecule has 0 saturated heterocycles. The summed E-state index contributed by atoms with van der Waals surface area (Å²) in [7, 11) is 3.01. The van der Waals surface area contributed by atoms with Gasteiger partial charge in [-0.25, -0.2) is 8.78 Å². The van der Waals surface area contributed by atoms with Crippen molar-refractivity contribution in [2.75, 3.05) is 14.1 Å². The SMILES string of the molecule is CN(C)C(=O)C1(N)CC(F)(F)C1.Cl. The smallest absolute Gasteiger partial charge is 0.252 e. The molecule has 0 spiro atoms. The van der Waals surface area contributed by atoms with E-state index < -0.39 is 30.2 Å². The van der Waals surface area contributed by atoms with Gasteiger partial charge < -0.3 is 10.6 Å². The molecule has 0 atom stereocenters.